The van der Waals surface area contributed by atoms with Gasteiger partial charge < -0.3 is 18.9 Å². The molecule has 0 spiro atoms. The van der Waals surface area contributed by atoms with E-state index >= 15 is 0 Å². The Bertz CT molecular complexity index is 192. The molecule has 4 heteroatoms. The monoisotopic (exact) mass is 200 g/mol. The maximum Gasteiger partial charge on any atom is 0.155 e. The molecular formula is C10H16O4. The Balaban J connectivity index is 1.95. The Morgan fingerprint density at radius 3 is 1.29 bits per heavy atom. The summed E-state index contributed by atoms with van der Waals surface area (Å²) in [6, 6.07) is 0. The summed E-state index contributed by atoms with van der Waals surface area (Å²) in [5.41, 5.74) is 2.32. The maximum atomic E-state index is 5.38. The van der Waals surface area contributed by atoms with Crippen molar-refractivity contribution in [3.8, 4) is 0 Å². The predicted octanol–water partition coefficient (Wildman–Crippen LogP) is 1.07. The summed E-state index contributed by atoms with van der Waals surface area (Å²) in [7, 11) is 0. The van der Waals surface area contributed by atoms with Gasteiger partial charge in [0.1, 0.15) is 0 Å². The number of hydrogen-bond donors (Lipinski definition) is 0. The molecule has 2 rings (SSSR count). The van der Waals surface area contributed by atoms with Crippen LogP contribution < -0.4 is 0 Å². The summed E-state index contributed by atoms with van der Waals surface area (Å²) in [5.74, 6) is 0. The largest absolute Gasteiger partial charge is 0.349 e. The minimum atomic E-state index is -0.0938. The third-order valence-corrected chi connectivity index (χ3v) is 2.47. The SMILES string of the molecule is CC1OCC(=C2COC(C)OC2)CO1. The maximum absolute atomic E-state index is 5.38. The van der Waals surface area contributed by atoms with Crippen LogP contribution in [0.1, 0.15) is 13.8 Å². The van der Waals surface area contributed by atoms with Crippen molar-refractivity contribution >= 4 is 0 Å². The van der Waals surface area contributed by atoms with Crippen LogP contribution in [0.15, 0.2) is 11.1 Å². The standard InChI is InChI=1S/C10H16O4/c1-7-11-3-9(4-12-7)10-5-13-8(2)14-6-10/h7-8H,3-6H2,1-2H3. The molecule has 80 valence electrons. The number of rotatable bonds is 0. The lowest BCUT2D eigenvalue weighted by Gasteiger charge is -2.28. The first-order valence-corrected chi connectivity index (χ1v) is 4.92. The Morgan fingerprint density at radius 1 is 0.714 bits per heavy atom. The van der Waals surface area contributed by atoms with E-state index in [-0.39, 0.29) is 12.6 Å². The topological polar surface area (TPSA) is 36.9 Å². The quantitative estimate of drug-likeness (QED) is 0.548. The summed E-state index contributed by atoms with van der Waals surface area (Å²) < 4.78 is 21.5. The smallest absolute Gasteiger partial charge is 0.155 e. The van der Waals surface area contributed by atoms with Gasteiger partial charge >= 0.3 is 0 Å². The molecule has 2 aliphatic heterocycles. The highest BCUT2D eigenvalue weighted by atomic mass is 16.7. The highest BCUT2D eigenvalue weighted by molar-refractivity contribution is 5.18. The highest BCUT2D eigenvalue weighted by Gasteiger charge is 2.20. The molecule has 2 fully saturated rings. The third kappa shape index (κ3) is 2.33. The molecule has 0 aliphatic carbocycles. The molecule has 0 bridgehead atoms. The van der Waals surface area contributed by atoms with E-state index in [2.05, 4.69) is 0 Å². The van der Waals surface area contributed by atoms with Gasteiger partial charge in [0.25, 0.3) is 0 Å². The number of hydrogen-bond acceptors (Lipinski definition) is 4. The summed E-state index contributed by atoms with van der Waals surface area (Å²) in [4.78, 5) is 0. The molecule has 0 atom stereocenters. The summed E-state index contributed by atoms with van der Waals surface area (Å²) in [6.45, 7) is 6.35. The van der Waals surface area contributed by atoms with Crippen LogP contribution >= 0.6 is 0 Å². The first-order chi connectivity index (χ1) is 6.75. The van der Waals surface area contributed by atoms with Crippen LogP contribution in [0.2, 0.25) is 0 Å². The zero-order chi connectivity index (χ0) is 9.97. The molecule has 2 saturated heterocycles. The molecule has 4 nitrogen and oxygen atoms in total. The first kappa shape index (κ1) is 10.1. The average molecular weight is 200 g/mol. The fourth-order valence-corrected chi connectivity index (χ4v) is 1.46. The van der Waals surface area contributed by atoms with Crippen molar-refractivity contribution in [3.63, 3.8) is 0 Å². The minimum Gasteiger partial charge on any atom is -0.349 e. The van der Waals surface area contributed by atoms with E-state index in [1.165, 1.54) is 0 Å². The molecule has 14 heavy (non-hydrogen) atoms. The molecule has 0 aromatic carbocycles. The van der Waals surface area contributed by atoms with Gasteiger partial charge in [0.05, 0.1) is 26.4 Å². The first-order valence-electron chi connectivity index (χ1n) is 4.92. The average Bonchev–Trinajstić information content (AvgIpc) is 2.21. The van der Waals surface area contributed by atoms with Gasteiger partial charge in [-0.15, -0.1) is 0 Å². The van der Waals surface area contributed by atoms with E-state index in [1.54, 1.807) is 0 Å². The Hall–Kier alpha value is -0.420. The van der Waals surface area contributed by atoms with Gasteiger partial charge in [-0.3, -0.25) is 0 Å². The van der Waals surface area contributed by atoms with E-state index in [1.807, 2.05) is 13.8 Å². The molecule has 0 aromatic heterocycles. The molecule has 2 aliphatic rings. The lowest BCUT2D eigenvalue weighted by Crippen LogP contribution is -2.30. The zero-order valence-electron chi connectivity index (χ0n) is 8.62. The second-order valence-corrected chi connectivity index (χ2v) is 3.59. The lowest BCUT2D eigenvalue weighted by molar-refractivity contribution is -0.157. The van der Waals surface area contributed by atoms with Crippen molar-refractivity contribution in [2.75, 3.05) is 26.4 Å². The summed E-state index contributed by atoms with van der Waals surface area (Å²) in [6.07, 6.45) is -0.188. The summed E-state index contributed by atoms with van der Waals surface area (Å²) in [5, 5.41) is 0. The Kier molecular flexibility index (Phi) is 3.18. The molecular weight excluding hydrogens is 184 g/mol. The fraction of sp³-hybridized carbons (Fsp3) is 0.800. The predicted molar refractivity (Wildman–Crippen MR) is 49.8 cm³/mol. The fourth-order valence-electron chi connectivity index (χ4n) is 1.46. The molecule has 0 N–H and O–H groups in total. The van der Waals surface area contributed by atoms with E-state index in [4.69, 9.17) is 18.9 Å². The van der Waals surface area contributed by atoms with Gasteiger partial charge in [0.15, 0.2) is 12.6 Å². The van der Waals surface area contributed by atoms with Gasteiger partial charge in [-0.2, -0.15) is 0 Å². The van der Waals surface area contributed by atoms with Crippen molar-refractivity contribution in [2.45, 2.75) is 26.4 Å². The van der Waals surface area contributed by atoms with Crippen molar-refractivity contribution < 1.29 is 18.9 Å². The van der Waals surface area contributed by atoms with Gasteiger partial charge in [-0.05, 0) is 25.0 Å². The van der Waals surface area contributed by atoms with Crippen LogP contribution in [-0.2, 0) is 18.9 Å². The van der Waals surface area contributed by atoms with Gasteiger partial charge in [-0.25, -0.2) is 0 Å². The minimum absolute atomic E-state index is 0.0938. The van der Waals surface area contributed by atoms with E-state index in [9.17, 15) is 0 Å². The van der Waals surface area contributed by atoms with Crippen LogP contribution in [0.4, 0.5) is 0 Å². The van der Waals surface area contributed by atoms with Gasteiger partial charge in [-0.1, -0.05) is 0 Å². The van der Waals surface area contributed by atoms with Gasteiger partial charge in [0, 0.05) is 0 Å². The molecule has 0 radical (unpaired) electrons. The number of ether oxygens (including phenoxy) is 4. The molecule has 0 amide bonds. The molecule has 0 saturated carbocycles. The summed E-state index contributed by atoms with van der Waals surface area (Å²) >= 11 is 0. The Labute approximate surface area is 83.8 Å². The second kappa shape index (κ2) is 4.40. The lowest BCUT2D eigenvalue weighted by atomic mass is 10.1. The Morgan fingerprint density at radius 2 is 1.00 bits per heavy atom. The van der Waals surface area contributed by atoms with E-state index < -0.39 is 0 Å². The van der Waals surface area contributed by atoms with Crippen LogP contribution in [0, 0.1) is 0 Å². The molecule has 0 unspecified atom stereocenters. The van der Waals surface area contributed by atoms with Crippen LogP contribution in [0.5, 0.6) is 0 Å². The van der Waals surface area contributed by atoms with Crippen LogP contribution in [0.3, 0.4) is 0 Å². The van der Waals surface area contributed by atoms with Crippen molar-refractivity contribution in [3.05, 3.63) is 11.1 Å². The van der Waals surface area contributed by atoms with E-state index in [0.717, 1.165) is 11.1 Å². The van der Waals surface area contributed by atoms with Crippen molar-refractivity contribution in [1.29, 1.82) is 0 Å². The molecule has 0 aromatic rings. The van der Waals surface area contributed by atoms with E-state index in [0.29, 0.717) is 26.4 Å². The highest BCUT2D eigenvalue weighted by Crippen LogP contribution is 2.18. The zero-order valence-corrected chi connectivity index (χ0v) is 8.62. The van der Waals surface area contributed by atoms with Crippen LogP contribution in [0.25, 0.3) is 0 Å². The molecule has 2 heterocycles. The van der Waals surface area contributed by atoms with Gasteiger partial charge in [0.2, 0.25) is 0 Å². The third-order valence-electron chi connectivity index (χ3n) is 2.47. The normalized spacial score (nSPS) is 34.7. The van der Waals surface area contributed by atoms with Crippen molar-refractivity contribution in [1.82, 2.24) is 0 Å². The van der Waals surface area contributed by atoms with Crippen molar-refractivity contribution in [2.24, 2.45) is 0 Å². The van der Waals surface area contributed by atoms with Crippen LogP contribution in [-0.4, -0.2) is 39.0 Å². The second-order valence-electron chi connectivity index (χ2n) is 3.59.